The van der Waals surface area contributed by atoms with E-state index in [9.17, 15) is 0 Å². The monoisotopic (exact) mass is 513 g/mol. The van der Waals surface area contributed by atoms with E-state index >= 15 is 0 Å². The number of hydrogen-bond acceptors (Lipinski definition) is 6. The second kappa shape index (κ2) is 16.4. The molecule has 1 aromatic rings. The molecule has 2 N–H and O–H groups in total. The number of nitrogens with zero attached hydrogens (tertiary/aromatic N) is 5. The summed E-state index contributed by atoms with van der Waals surface area (Å²) in [6.45, 7) is 7.00. The summed E-state index contributed by atoms with van der Waals surface area (Å²) < 4.78 is 7.07. The molecule has 27 heavy (non-hydrogen) atoms. The van der Waals surface area contributed by atoms with E-state index in [1.165, 1.54) is 0 Å². The first-order chi connectivity index (χ1) is 12.6. The summed E-state index contributed by atoms with van der Waals surface area (Å²) in [5.74, 6) is 3.74. The summed E-state index contributed by atoms with van der Waals surface area (Å²) >= 11 is 1.86. The summed E-state index contributed by atoms with van der Waals surface area (Å²) in [5, 5.41) is 15.1. The number of aryl methyl sites for hydroxylation is 1. The van der Waals surface area contributed by atoms with Crippen LogP contribution in [0.1, 0.15) is 24.5 Å². The van der Waals surface area contributed by atoms with Crippen LogP contribution >= 0.6 is 35.7 Å². The Labute approximate surface area is 185 Å². The molecule has 0 saturated heterocycles. The van der Waals surface area contributed by atoms with E-state index in [0.29, 0.717) is 6.54 Å². The number of hydrogen-bond donors (Lipinski definition) is 2. The van der Waals surface area contributed by atoms with Crippen LogP contribution in [0.15, 0.2) is 4.99 Å². The van der Waals surface area contributed by atoms with Gasteiger partial charge in [0, 0.05) is 46.9 Å². The Kier molecular flexibility index (Phi) is 16.0. The molecule has 0 fully saturated rings. The molecule has 0 aliphatic rings. The Morgan fingerprint density at radius 2 is 1.96 bits per heavy atom. The topological polar surface area (TPSA) is 79.6 Å². The van der Waals surface area contributed by atoms with Gasteiger partial charge in [-0.05, 0) is 38.8 Å². The molecule has 8 nitrogen and oxygen atoms in total. The number of nitrogens with one attached hydrogen (secondary N) is 2. The third kappa shape index (κ3) is 11.8. The summed E-state index contributed by atoms with van der Waals surface area (Å²) in [6.07, 6.45) is 4.29. The molecule has 0 bridgehead atoms. The number of likely N-dealkylation sites (N-methyl/N-ethyl adjacent to an activating group) is 1. The van der Waals surface area contributed by atoms with Crippen LogP contribution in [-0.2, 0) is 18.3 Å². The van der Waals surface area contributed by atoms with Gasteiger partial charge in [0.1, 0.15) is 12.4 Å². The van der Waals surface area contributed by atoms with Crippen molar-refractivity contribution in [1.29, 1.82) is 0 Å². The summed E-state index contributed by atoms with van der Waals surface area (Å²) in [4.78, 5) is 6.96. The molecule has 0 aromatic carbocycles. The van der Waals surface area contributed by atoms with Crippen molar-refractivity contribution in [2.45, 2.75) is 26.3 Å². The van der Waals surface area contributed by atoms with E-state index in [4.69, 9.17) is 4.74 Å². The minimum absolute atomic E-state index is 0. The average molecular weight is 513 g/mol. The molecular weight excluding hydrogens is 477 g/mol. The van der Waals surface area contributed by atoms with E-state index in [0.717, 1.165) is 69.0 Å². The zero-order valence-corrected chi connectivity index (χ0v) is 20.5. The molecule has 1 rings (SSSR count). The van der Waals surface area contributed by atoms with E-state index in [1.807, 2.05) is 30.3 Å². The third-order valence-electron chi connectivity index (χ3n) is 4.05. The summed E-state index contributed by atoms with van der Waals surface area (Å²) in [5.41, 5.74) is 0. The Morgan fingerprint density at radius 1 is 1.22 bits per heavy atom. The highest BCUT2D eigenvalue weighted by molar-refractivity contribution is 14.0. The average Bonchev–Trinajstić information content (AvgIpc) is 2.95. The second-order valence-electron chi connectivity index (χ2n) is 6.24. The van der Waals surface area contributed by atoms with Crippen molar-refractivity contribution in [3.63, 3.8) is 0 Å². The third-order valence-corrected chi connectivity index (χ3v) is 4.75. The first-order valence-corrected chi connectivity index (χ1v) is 10.5. The standard InChI is InChI=1S/C17H35N7OS.HI/c1-15-21-22-16(24(15)3)14-20-17(18-8-6-13-26-5)19-9-11-23(2)10-7-12-25-4;/h6-14H2,1-5H3,(H2,18,19,20);1H. The van der Waals surface area contributed by atoms with Gasteiger partial charge in [0.2, 0.25) is 0 Å². The lowest BCUT2D eigenvalue weighted by Crippen LogP contribution is -2.41. The molecule has 0 aliphatic heterocycles. The molecular formula is C17H36IN7OS. The molecule has 0 saturated carbocycles. The minimum Gasteiger partial charge on any atom is -0.385 e. The van der Waals surface area contributed by atoms with Gasteiger partial charge in [-0.3, -0.25) is 0 Å². The highest BCUT2D eigenvalue weighted by atomic mass is 127. The first-order valence-electron chi connectivity index (χ1n) is 9.12. The van der Waals surface area contributed by atoms with Crippen LogP contribution in [0.5, 0.6) is 0 Å². The van der Waals surface area contributed by atoms with Crippen molar-refractivity contribution in [3.8, 4) is 0 Å². The maximum absolute atomic E-state index is 5.10. The van der Waals surface area contributed by atoms with Gasteiger partial charge < -0.3 is 24.8 Å². The van der Waals surface area contributed by atoms with Crippen LogP contribution in [0.25, 0.3) is 0 Å². The predicted octanol–water partition coefficient (Wildman–Crippen LogP) is 1.50. The molecule has 0 radical (unpaired) electrons. The number of thioether (sulfide) groups is 1. The van der Waals surface area contributed by atoms with Crippen LogP contribution in [0.3, 0.4) is 0 Å². The maximum atomic E-state index is 5.10. The molecule has 0 unspecified atom stereocenters. The smallest absolute Gasteiger partial charge is 0.191 e. The largest absolute Gasteiger partial charge is 0.385 e. The minimum atomic E-state index is 0. The van der Waals surface area contributed by atoms with Gasteiger partial charge in [0.05, 0.1) is 0 Å². The molecule has 158 valence electrons. The fourth-order valence-corrected chi connectivity index (χ4v) is 2.72. The predicted molar refractivity (Wildman–Crippen MR) is 125 cm³/mol. The molecule has 0 spiro atoms. The van der Waals surface area contributed by atoms with Crippen molar-refractivity contribution in [2.24, 2.45) is 12.0 Å². The first kappa shape index (κ1) is 26.4. The van der Waals surface area contributed by atoms with E-state index in [1.54, 1.807) is 7.11 Å². The SMILES string of the molecule is COCCCN(C)CCNC(=NCc1nnc(C)n1C)NCCCSC.I. The number of halogens is 1. The number of ether oxygens (including phenoxy) is 1. The van der Waals surface area contributed by atoms with Crippen molar-refractivity contribution < 1.29 is 4.74 Å². The Balaban J connectivity index is 0.00000676. The highest BCUT2D eigenvalue weighted by Crippen LogP contribution is 1.99. The van der Waals surface area contributed by atoms with Gasteiger partial charge in [0.15, 0.2) is 11.8 Å². The number of aromatic nitrogens is 3. The van der Waals surface area contributed by atoms with Gasteiger partial charge in [-0.2, -0.15) is 11.8 Å². The normalized spacial score (nSPS) is 11.6. The van der Waals surface area contributed by atoms with Crippen LogP contribution in [0.4, 0.5) is 0 Å². The molecule has 0 atom stereocenters. The Hall–Kier alpha value is -0.590. The van der Waals surface area contributed by atoms with Crippen LogP contribution < -0.4 is 10.6 Å². The van der Waals surface area contributed by atoms with Crippen LogP contribution in [-0.4, -0.2) is 84.6 Å². The van der Waals surface area contributed by atoms with Crippen molar-refractivity contribution in [2.75, 3.05) is 59.0 Å². The molecule has 10 heteroatoms. The lowest BCUT2D eigenvalue weighted by molar-refractivity contribution is 0.180. The quantitative estimate of drug-likeness (QED) is 0.179. The molecule has 0 amide bonds. The lowest BCUT2D eigenvalue weighted by Gasteiger charge is -2.18. The second-order valence-corrected chi connectivity index (χ2v) is 7.22. The zero-order chi connectivity index (χ0) is 19.2. The number of rotatable bonds is 13. The molecule has 1 aromatic heterocycles. The summed E-state index contributed by atoms with van der Waals surface area (Å²) in [7, 11) is 5.84. The van der Waals surface area contributed by atoms with Gasteiger partial charge in [-0.25, -0.2) is 4.99 Å². The van der Waals surface area contributed by atoms with Gasteiger partial charge in [-0.1, -0.05) is 0 Å². The van der Waals surface area contributed by atoms with Crippen molar-refractivity contribution >= 4 is 41.7 Å². The lowest BCUT2D eigenvalue weighted by atomic mass is 10.4. The van der Waals surface area contributed by atoms with E-state index < -0.39 is 0 Å². The van der Waals surface area contributed by atoms with E-state index in [2.05, 4.69) is 44.0 Å². The highest BCUT2D eigenvalue weighted by Gasteiger charge is 2.05. The zero-order valence-electron chi connectivity index (χ0n) is 17.3. The van der Waals surface area contributed by atoms with Crippen LogP contribution in [0, 0.1) is 6.92 Å². The Morgan fingerprint density at radius 3 is 2.59 bits per heavy atom. The number of methoxy groups -OCH3 is 1. The van der Waals surface area contributed by atoms with Crippen LogP contribution in [0.2, 0.25) is 0 Å². The Bertz CT molecular complexity index is 527. The van der Waals surface area contributed by atoms with Gasteiger partial charge >= 0.3 is 0 Å². The summed E-state index contributed by atoms with van der Waals surface area (Å²) in [6, 6.07) is 0. The number of guanidine groups is 1. The molecule has 1 heterocycles. The van der Waals surface area contributed by atoms with Crippen molar-refractivity contribution in [1.82, 2.24) is 30.3 Å². The van der Waals surface area contributed by atoms with E-state index in [-0.39, 0.29) is 24.0 Å². The number of aliphatic imine (C=N–C) groups is 1. The van der Waals surface area contributed by atoms with Crippen molar-refractivity contribution in [3.05, 3.63) is 11.6 Å². The van der Waals surface area contributed by atoms with Gasteiger partial charge in [0.25, 0.3) is 0 Å². The fourth-order valence-electron chi connectivity index (χ4n) is 2.29. The fraction of sp³-hybridized carbons (Fsp3) is 0.824. The maximum Gasteiger partial charge on any atom is 0.191 e. The molecule has 0 aliphatic carbocycles. The van der Waals surface area contributed by atoms with Gasteiger partial charge in [-0.15, -0.1) is 34.2 Å².